The van der Waals surface area contributed by atoms with E-state index in [-0.39, 0.29) is 31.1 Å². The van der Waals surface area contributed by atoms with Gasteiger partial charge < -0.3 is 14.2 Å². The zero-order valence-corrected chi connectivity index (χ0v) is 53.6. The summed E-state index contributed by atoms with van der Waals surface area (Å²) in [5.41, 5.74) is 0. The van der Waals surface area contributed by atoms with Gasteiger partial charge in [-0.3, -0.25) is 14.4 Å². The average Bonchev–Trinajstić information content (AvgIpc) is 3.46. The molecule has 0 aliphatic carbocycles. The maximum atomic E-state index is 13.0. The molecule has 6 nitrogen and oxygen atoms in total. The van der Waals surface area contributed by atoms with Crippen LogP contribution in [-0.2, 0) is 28.6 Å². The second kappa shape index (κ2) is 68.6. The molecule has 466 valence electrons. The molecule has 6 heteroatoms. The first kappa shape index (κ1) is 77.1. The maximum Gasteiger partial charge on any atom is 0.306 e. The van der Waals surface area contributed by atoms with Gasteiger partial charge in [-0.25, -0.2) is 0 Å². The zero-order chi connectivity index (χ0) is 57.8. The molecule has 0 aliphatic heterocycles. The lowest BCUT2D eigenvalue weighted by Gasteiger charge is -2.18. The van der Waals surface area contributed by atoms with Crippen molar-refractivity contribution in [3.63, 3.8) is 0 Å². The van der Waals surface area contributed by atoms with E-state index < -0.39 is 6.10 Å². The summed E-state index contributed by atoms with van der Waals surface area (Å²) in [6.45, 7) is 6.67. The summed E-state index contributed by atoms with van der Waals surface area (Å²) < 4.78 is 17.0. The minimum atomic E-state index is -0.785. The van der Waals surface area contributed by atoms with Crippen molar-refractivity contribution in [1.29, 1.82) is 0 Å². The first-order chi connectivity index (χ1) is 39.5. The second-order valence-corrected chi connectivity index (χ2v) is 23.8. The maximum absolute atomic E-state index is 13.0. The molecule has 0 rings (SSSR count). The molecule has 0 aromatic heterocycles. The van der Waals surface area contributed by atoms with Gasteiger partial charge in [0.25, 0.3) is 0 Å². The number of hydrogen-bond donors (Lipinski definition) is 0. The largest absolute Gasteiger partial charge is 0.462 e. The molecule has 0 heterocycles. The summed E-state index contributed by atoms with van der Waals surface area (Å²) in [5, 5.41) is 0. The van der Waals surface area contributed by atoms with E-state index in [1.54, 1.807) is 0 Å². The van der Waals surface area contributed by atoms with Crippen molar-refractivity contribution in [2.45, 2.75) is 380 Å². The third-order valence-electron chi connectivity index (χ3n) is 15.7. The number of carbonyl (C=O) groups is 3. The monoisotopic (exact) mass is 1120 g/mol. The van der Waals surface area contributed by atoms with E-state index in [0.717, 1.165) is 83.5 Å². The lowest BCUT2D eigenvalue weighted by atomic mass is 10.0. The van der Waals surface area contributed by atoms with E-state index in [0.29, 0.717) is 19.3 Å². The van der Waals surface area contributed by atoms with Crippen molar-refractivity contribution < 1.29 is 28.6 Å². The van der Waals surface area contributed by atoms with Crippen LogP contribution in [0.15, 0.2) is 60.8 Å². The standard InChI is InChI=1S/C74H134O6/c1-4-7-10-13-16-19-22-25-28-31-34-36-37-39-40-43-46-49-52-55-58-61-64-67-73(76)79-70-71(69-78-72(75)66-63-60-57-54-51-48-45-42-33-30-27-24-21-18-15-12-9-6-3)80-74(77)68-65-62-59-56-53-50-47-44-41-38-35-32-29-26-23-20-17-14-11-8-5-2/h23,26,30-35,41,44,71H,4-22,24-25,27-29,36-40,42-43,45-70H2,1-3H3/b26-23-,33-30-,34-31-,35-32-,44-41-. The Kier molecular flexibility index (Phi) is 66.1. The summed E-state index contributed by atoms with van der Waals surface area (Å²) in [6, 6.07) is 0. The lowest BCUT2D eigenvalue weighted by Crippen LogP contribution is -2.30. The fraction of sp³-hybridized carbons (Fsp3) is 0.824. The van der Waals surface area contributed by atoms with Crippen molar-refractivity contribution >= 4 is 17.9 Å². The number of allylic oxidation sites excluding steroid dienone is 10. The molecular weight excluding hydrogens is 985 g/mol. The minimum Gasteiger partial charge on any atom is -0.462 e. The van der Waals surface area contributed by atoms with Crippen LogP contribution in [0.5, 0.6) is 0 Å². The predicted octanol–water partition coefficient (Wildman–Crippen LogP) is 24.3. The number of unbranched alkanes of at least 4 members (excludes halogenated alkanes) is 44. The van der Waals surface area contributed by atoms with Crippen LogP contribution >= 0.6 is 0 Å². The number of ether oxygens (including phenoxy) is 3. The van der Waals surface area contributed by atoms with Crippen molar-refractivity contribution in [2.75, 3.05) is 13.2 Å². The first-order valence-electron chi connectivity index (χ1n) is 35.3. The molecule has 0 spiro atoms. The SMILES string of the molecule is CCCCCCC/C=C\C/C=C\C/C=C\CCCCCCCCC(=O)OC(COC(=O)CCCCCCCCC/C=C\CCCCCCCCC)COC(=O)CCCCCCCCCCCCC/C=C\CCCCCCCCCC. The van der Waals surface area contributed by atoms with E-state index in [1.165, 1.54) is 250 Å². The van der Waals surface area contributed by atoms with Gasteiger partial charge in [0.05, 0.1) is 0 Å². The zero-order valence-electron chi connectivity index (χ0n) is 53.6. The predicted molar refractivity (Wildman–Crippen MR) is 348 cm³/mol. The van der Waals surface area contributed by atoms with E-state index in [2.05, 4.69) is 81.5 Å². The highest BCUT2D eigenvalue weighted by Gasteiger charge is 2.19. The molecule has 0 amide bonds. The first-order valence-corrected chi connectivity index (χ1v) is 35.3. The van der Waals surface area contributed by atoms with Crippen molar-refractivity contribution in [2.24, 2.45) is 0 Å². The highest BCUT2D eigenvalue weighted by molar-refractivity contribution is 5.71. The van der Waals surface area contributed by atoms with Crippen LogP contribution in [0.3, 0.4) is 0 Å². The van der Waals surface area contributed by atoms with E-state index in [4.69, 9.17) is 14.2 Å². The quantitative estimate of drug-likeness (QED) is 0.0261. The third kappa shape index (κ3) is 65.9. The average molecular weight is 1120 g/mol. The van der Waals surface area contributed by atoms with Gasteiger partial charge in [-0.2, -0.15) is 0 Å². The van der Waals surface area contributed by atoms with Crippen LogP contribution in [0.25, 0.3) is 0 Å². The Balaban J connectivity index is 4.37. The molecular formula is C74H134O6. The number of rotatable bonds is 65. The van der Waals surface area contributed by atoms with Gasteiger partial charge in [0.1, 0.15) is 13.2 Å². The van der Waals surface area contributed by atoms with Crippen molar-refractivity contribution in [3.05, 3.63) is 60.8 Å². The van der Waals surface area contributed by atoms with E-state index in [1.807, 2.05) is 0 Å². The molecule has 0 radical (unpaired) electrons. The van der Waals surface area contributed by atoms with Gasteiger partial charge in [0.15, 0.2) is 6.10 Å². The summed E-state index contributed by atoms with van der Waals surface area (Å²) in [4.78, 5) is 38.5. The minimum absolute atomic E-state index is 0.0791. The molecule has 1 atom stereocenters. The van der Waals surface area contributed by atoms with Gasteiger partial charge in [0, 0.05) is 19.3 Å². The van der Waals surface area contributed by atoms with Crippen LogP contribution in [0.1, 0.15) is 374 Å². The highest BCUT2D eigenvalue weighted by atomic mass is 16.6. The number of carbonyl (C=O) groups excluding carboxylic acids is 3. The van der Waals surface area contributed by atoms with Gasteiger partial charge >= 0.3 is 17.9 Å². The number of esters is 3. The Hall–Kier alpha value is -2.89. The van der Waals surface area contributed by atoms with E-state index >= 15 is 0 Å². The Bertz CT molecular complexity index is 1430. The smallest absolute Gasteiger partial charge is 0.306 e. The van der Waals surface area contributed by atoms with Gasteiger partial charge in [-0.05, 0) is 109 Å². The van der Waals surface area contributed by atoms with Crippen LogP contribution in [-0.4, -0.2) is 37.2 Å². The topological polar surface area (TPSA) is 78.9 Å². The third-order valence-corrected chi connectivity index (χ3v) is 15.7. The molecule has 0 saturated carbocycles. The summed E-state index contributed by atoms with van der Waals surface area (Å²) >= 11 is 0. The van der Waals surface area contributed by atoms with Gasteiger partial charge in [-0.1, -0.05) is 306 Å². The molecule has 0 fully saturated rings. The molecule has 0 aromatic rings. The Labute approximate surface area is 498 Å². The van der Waals surface area contributed by atoms with Gasteiger partial charge in [-0.15, -0.1) is 0 Å². The molecule has 0 aromatic carbocycles. The summed E-state index contributed by atoms with van der Waals surface area (Å²) in [6.07, 6.45) is 88.1. The molecule has 0 N–H and O–H groups in total. The lowest BCUT2D eigenvalue weighted by molar-refractivity contribution is -0.167. The summed E-state index contributed by atoms with van der Waals surface area (Å²) in [7, 11) is 0. The molecule has 80 heavy (non-hydrogen) atoms. The second-order valence-electron chi connectivity index (χ2n) is 23.8. The fourth-order valence-electron chi connectivity index (χ4n) is 10.4. The molecule has 1 unspecified atom stereocenters. The van der Waals surface area contributed by atoms with Crippen LogP contribution in [0.4, 0.5) is 0 Å². The normalized spacial score (nSPS) is 12.4. The molecule has 0 bridgehead atoms. The molecule has 0 saturated heterocycles. The highest BCUT2D eigenvalue weighted by Crippen LogP contribution is 2.17. The Morgan fingerprint density at radius 3 is 0.713 bits per heavy atom. The van der Waals surface area contributed by atoms with Gasteiger partial charge in [0.2, 0.25) is 0 Å². The Morgan fingerprint density at radius 1 is 0.250 bits per heavy atom. The van der Waals surface area contributed by atoms with Crippen molar-refractivity contribution in [3.8, 4) is 0 Å². The summed E-state index contributed by atoms with van der Waals surface area (Å²) in [5.74, 6) is -0.875. The van der Waals surface area contributed by atoms with Crippen LogP contribution in [0, 0.1) is 0 Å². The number of hydrogen-bond acceptors (Lipinski definition) is 6. The van der Waals surface area contributed by atoms with E-state index in [9.17, 15) is 14.4 Å². The van der Waals surface area contributed by atoms with Crippen LogP contribution < -0.4 is 0 Å². The molecule has 0 aliphatic rings. The van der Waals surface area contributed by atoms with Crippen molar-refractivity contribution in [1.82, 2.24) is 0 Å². The fourth-order valence-corrected chi connectivity index (χ4v) is 10.4. The van der Waals surface area contributed by atoms with Crippen LogP contribution in [0.2, 0.25) is 0 Å². The Morgan fingerprint density at radius 2 is 0.450 bits per heavy atom.